The number of hydrogen-bond acceptors (Lipinski definition) is 7. The maximum atomic E-state index is 11.4. The third-order valence-electron chi connectivity index (χ3n) is 7.82. The van der Waals surface area contributed by atoms with Crippen molar-refractivity contribution in [2.45, 2.75) is 83.1 Å². The summed E-state index contributed by atoms with van der Waals surface area (Å²) in [6.07, 6.45) is 6.94. The zero-order valence-electron chi connectivity index (χ0n) is 21.0. The van der Waals surface area contributed by atoms with Crippen molar-refractivity contribution in [1.82, 2.24) is 4.90 Å². The van der Waals surface area contributed by atoms with Crippen LogP contribution in [0.25, 0.3) is 0 Å². The van der Waals surface area contributed by atoms with E-state index in [4.69, 9.17) is 4.74 Å². The van der Waals surface area contributed by atoms with Crippen LogP contribution in [-0.2, 0) is 22.4 Å². The summed E-state index contributed by atoms with van der Waals surface area (Å²) in [5.74, 6) is 1.43. The molecule has 0 heterocycles. The highest BCUT2D eigenvalue weighted by Crippen LogP contribution is 2.48. The molecule has 1 saturated carbocycles. The van der Waals surface area contributed by atoms with Crippen molar-refractivity contribution in [1.29, 1.82) is 0 Å². The molecule has 1 aromatic rings. The van der Waals surface area contributed by atoms with Gasteiger partial charge in [0.15, 0.2) is 0 Å². The fourth-order valence-corrected chi connectivity index (χ4v) is 5.76. The number of carbonyl (C=O) groups excluding carboxylic acids is 1. The van der Waals surface area contributed by atoms with Gasteiger partial charge in [0.25, 0.3) is 0 Å². The molecule has 2 aliphatic carbocycles. The summed E-state index contributed by atoms with van der Waals surface area (Å²) < 4.78 is 10.6. The Kier molecular flexibility index (Phi) is 10.2. The van der Waals surface area contributed by atoms with Crippen LogP contribution < -0.4 is 4.74 Å². The van der Waals surface area contributed by atoms with E-state index >= 15 is 0 Å². The molecule has 1 fully saturated rings. The Morgan fingerprint density at radius 3 is 2.74 bits per heavy atom. The monoisotopic (exact) mass is 477 g/mol. The molecule has 192 valence electrons. The lowest BCUT2D eigenvalue weighted by atomic mass is 9.73. The molecular weight excluding hydrogens is 434 g/mol. The first kappa shape index (κ1) is 26.9. The van der Waals surface area contributed by atoms with Gasteiger partial charge in [-0.2, -0.15) is 0 Å². The van der Waals surface area contributed by atoms with E-state index in [1.54, 1.807) is 7.05 Å². The lowest BCUT2D eigenvalue weighted by Gasteiger charge is -2.33. The summed E-state index contributed by atoms with van der Waals surface area (Å²) in [6.45, 7) is 2.22. The largest absolute Gasteiger partial charge is 0.489 e. The van der Waals surface area contributed by atoms with Gasteiger partial charge in [0, 0.05) is 0 Å². The van der Waals surface area contributed by atoms with E-state index in [9.17, 15) is 20.1 Å². The normalized spacial score (nSPS) is 25.5. The Hall–Kier alpha value is -1.67. The number of aliphatic hydroxyl groups excluding tert-OH is 3. The first-order valence-electron chi connectivity index (χ1n) is 12.9. The van der Waals surface area contributed by atoms with Crippen LogP contribution in [0.3, 0.4) is 0 Å². The van der Waals surface area contributed by atoms with Crippen molar-refractivity contribution in [2.24, 2.45) is 17.8 Å². The topological polar surface area (TPSA) is 99.5 Å². The zero-order chi connectivity index (χ0) is 24.7. The van der Waals surface area contributed by atoms with Gasteiger partial charge >= 0.3 is 5.97 Å². The number of unbranched alkanes of at least 4 members (excludes halogenated alkanes) is 2. The number of aliphatic hydroxyl groups is 3. The van der Waals surface area contributed by atoms with Gasteiger partial charge in [-0.15, -0.1) is 0 Å². The third-order valence-corrected chi connectivity index (χ3v) is 7.82. The van der Waals surface area contributed by atoms with E-state index in [0.29, 0.717) is 11.8 Å². The molecule has 0 amide bonds. The van der Waals surface area contributed by atoms with Gasteiger partial charge in [-0.25, -0.2) is 0 Å². The van der Waals surface area contributed by atoms with E-state index in [-0.39, 0.29) is 31.3 Å². The van der Waals surface area contributed by atoms with E-state index in [2.05, 4.69) is 17.7 Å². The predicted molar refractivity (Wildman–Crippen MR) is 130 cm³/mol. The molecule has 2 aliphatic rings. The van der Waals surface area contributed by atoms with Crippen molar-refractivity contribution in [2.75, 3.05) is 27.3 Å². The molecule has 0 saturated heterocycles. The van der Waals surface area contributed by atoms with Crippen LogP contribution in [0.2, 0.25) is 0 Å². The van der Waals surface area contributed by atoms with Gasteiger partial charge in [-0.3, -0.25) is 9.69 Å². The number of methoxy groups -OCH3 is 1. The van der Waals surface area contributed by atoms with Crippen LogP contribution in [0.1, 0.15) is 63.0 Å². The maximum Gasteiger partial charge on any atom is 0.319 e. The SMILES string of the molecule is CCCCC[C@@H](O)CC[C@@H]1[C@H]2Cc3cccc(OCC(O)N(C)CC(=O)OC)c3C[C@H]2C[C@H]1O. The number of likely N-dealkylation sites (N-methyl/N-ethyl adjacent to an activating group) is 1. The fraction of sp³-hybridized carbons (Fsp3) is 0.741. The van der Waals surface area contributed by atoms with Crippen LogP contribution in [0.15, 0.2) is 18.2 Å². The zero-order valence-corrected chi connectivity index (χ0v) is 21.0. The second-order valence-corrected chi connectivity index (χ2v) is 10.2. The average molecular weight is 478 g/mol. The molecule has 0 bridgehead atoms. The Balaban J connectivity index is 1.58. The second-order valence-electron chi connectivity index (χ2n) is 10.2. The molecular formula is C27H43NO6. The number of rotatable bonds is 13. The summed E-state index contributed by atoms with van der Waals surface area (Å²) in [7, 11) is 2.97. The molecule has 34 heavy (non-hydrogen) atoms. The van der Waals surface area contributed by atoms with Crippen LogP contribution in [-0.4, -0.2) is 71.9 Å². The summed E-state index contributed by atoms with van der Waals surface area (Å²) in [5.41, 5.74) is 2.41. The fourth-order valence-electron chi connectivity index (χ4n) is 5.76. The van der Waals surface area contributed by atoms with Crippen LogP contribution in [0.4, 0.5) is 0 Å². The first-order chi connectivity index (χ1) is 16.3. The van der Waals surface area contributed by atoms with Crippen LogP contribution in [0, 0.1) is 17.8 Å². The Bertz CT molecular complexity index is 786. The lowest BCUT2D eigenvalue weighted by Crippen LogP contribution is -2.40. The Labute approximate surface area is 204 Å². The quantitative estimate of drug-likeness (QED) is 0.228. The van der Waals surface area contributed by atoms with Crippen molar-refractivity contribution < 1.29 is 29.6 Å². The van der Waals surface area contributed by atoms with Crippen molar-refractivity contribution in [3.05, 3.63) is 29.3 Å². The highest BCUT2D eigenvalue weighted by molar-refractivity contribution is 5.71. The number of nitrogens with zero attached hydrogens (tertiary/aromatic N) is 1. The molecule has 3 N–H and O–H groups in total. The van der Waals surface area contributed by atoms with Gasteiger partial charge in [-0.1, -0.05) is 38.3 Å². The lowest BCUT2D eigenvalue weighted by molar-refractivity contribution is -0.144. The van der Waals surface area contributed by atoms with Gasteiger partial charge < -0.3 is 24.8 Å². The molecule has 3 rings (SSSR count). The molecule has 0 radical (unpaired) electrons. The summed E-state index contributed by atoms with van der Waals surface area (Å²) in [5, 5.41) is 31.6. The molecule has 6 atom stereocenters. The molecule has 1 aromatic carbocycles. The molecule has 0 spiro atoms. The minimum absolute atomic E-state index is 0.00967. The molecule has 7 nitrogen and oxygen atoms in total. The minimum atomic E-state index is -0.923. The third kappa shape index (κ3) is 6.94. The summed E-state index contributed by atoms with van der Waals surface area (Å²) in [4.78, 5) is 12.9. The van der Waals surface area contributed by atoms with Crippen molar-refractivity contribution >= 4 is 5.97 Å². The molecule has 7 heteroatoms. The highest BCUT2D eigenvalue weighted by Gasteiger charge is 2.44. The number of esters is 1. The van der Waals surface area contributed by atoms with Gasteiger partial charge in [-0.05, 0) is 80.5 Å². The molecule has 0 aromatic heterocycles. The number of benzene rings is 1. The summed E-state index contributed by atoms with van der Waals surface area (Å²) >= 11 is 0. The number of carbonyl (C=O) groups is 1. The van der Waals surface area contributed by atoms with E-state index in [1.165, 1.54) is 23.1 Å². The minimum Gasteiger partial charge on any atom is -0.489 e. The van der Waals surface area contributed by atoms with E-state index in [0.717, 1.165) is 63.5 Å². The highest BCUT2D eigenvalue weighted by atomic mass is 16.5. The number of ether oxygens (including phenoxy) is 2. The van der Waals surface area contributed by atoms with E-state index in [1.807, 2.05) is 12.1 Å². The van der Waals surface area contributed by atoms with Crippen LogP contribution >= 0.6 is 0 Å². The van der Waals surface area contributed by atoms with E-state index < -0.39 is 12.2 Å². The predicted octanol–water partition coefficient (Wildman–Crippen LogP) is 2.92. The Morgan fingerprint density at radius 1 is 1.21 bits per heavy atom. The molecule has 1 unspecified atom stereocenters. The second kappa shape index (κ2) is 12.9. The van der Waals surface area contributed by atoms with Gasteiger partial charge in [0.2, 0.25) is 0 Å². The van der Waals surface area contributed by atoms with Crippen LogP contribution in [0.5, 0.6) is 5.75 Å². The Morgan fingerprint density at radius 2 is 2.00 bits per heavy atom. The number of hydrogen-bond donors (Lipinski definition) is 3. The van der Waals surface area contributed by atoms with Crippen molar-refractivity contribution in [3.8, 4) is 5.75 Å². The molecule has 0 aliphatic heterocycles. The average Bonchev–Trinajstić information content (AvgIpc) is 3.13. The standard InChI is InChI=1S/C27H43NO6/c1-4-5-6-9-20(29)11-12-21-22-13-18-8-7-10-25(23(18)14-19(22)15-24(21)30)34-17-26(31)28(2)16-27(32)33-3/h7-8,10,19-22,24,26,29-31H,4-6,9,11-17H2,1-3H3/t19-,20+,21+,22-,24+,26?/m0/s1. The van der Waals surface area contributed by atoms with Gasteiger partial charge in [0.1, 0.15) is 18.6 Å². The van der Waals surface area contributed by atoms with Crippen molar-refractivity contribution in [3.63, 3.8) is 0 Å². The maximum absolute atomic E-state index is 11.4. The van der Waals surface area contributed by atoms with Gasteiger partial charge in [0.05, 0.1) is 25.9 Å². The summed E-state index contributed by atoms with van der Waals surface area (Å²) in [6, 6.07) is 6.05. The smallest absolute Gasteiger partial charge is 0.319 e. The first-order valence-corrected chi connectivity index (χ1v) is 12.9. The number of fused-ring (bicyclic) bond motifs is 2.